The van der Waals surface area contributed by atoms with E-state index < -0.39 is 0 Å². The molecule has 1 fully saturated rings. The van der Waals surface area contributed by atoms with Gasteiger partial charge >= 0.3 is 5.69 Å². The van der Waals surface area contributed by atoms with Gasteiger partial charge < -0.3 is 15.0 Å². The third-order valence-electron chi connectivity index (χ3n) is 6.72. The van der Waals surface area contributed by atoms with E-state index in [-0.39, 0.29) is 11.7 Å². The largest absolute Gasteiger partial charge is 0.494 e. The van der Waals surface area contributed by atoms with Crippen LogP contribution in [0.15, 0.2) is 41.5 Å². The molecule has 1 aromatic carbocycles. The number of benzene rings is 1. The SMILES string of the molecule is CCCCOc1ccc(-n2ccn(C3CCC(NC(C)CN(CC)CC)CC3)c2=O)cc1. The smallest absolute Gasteiger partial charge is 0.332 e. The van der Waals surface area contributed by atoms with Gasteiger partial charge in [-0.1, -0.05) is 27.2 Å². The Bertz CT molecular complexity index is 845. The first-order chi connectivity index (χ1) is 15.5. The van der Waals surface area contributed by atoms with Gasteiger partial charge in [-0.05, 0) is 76.4 Å². The zero-order chi connectivity index (χ0) is 22.9. The summed E-state index contributed by atoms with van der Waals surface area (Å²) < 4.78 is 9.41. The van der Waals surface area contributed by atoms with Crippen molar-refractivity contribution in [1.82, 2.24) is 19.4 Å². The normalized spacial score (nSPS) is 19.9. The third kappa shape index (κ3) is 6.48. The number of ether oxygens (including phenoxy) is 1. The molecule has 0 spiro atoms. The lowest BCUT2D eigenvalue weighted by Gasteiger charge is -2.33. The van der Waals surface area contributed by atoms with Crippen molar-refractivity contribution in [2.75, 3.05) is 26.2 Å². The monoisotopic (exact) mass is 442 g/mol. The molecule has 1 saturated carbocycles. The van der Waals surface area contributed by atoms with Crippen molar-refractivity contribution in [2.24, 2.45) is 0 Å². The average Bonchev–Trinajstić information content (AvgIpc) is 3.20. The predicted octanol–water partition coefficient (Wildman–Crippen LogP) is 4.62. The summed E-state index contributed by atoms with van der Waals surface area (Å²) in [7, 11) is 0. The van der Waals surface area contributed by atoms with Gasteiger partial charge in [-0.25, -0.2) is 4.79 Å². The summed E-state index contributed by atoms with van der Waals surface area (Å²) in [4.78, 5) is 15.6. The van der Waals surface area contributed by atoms with E-state index in [1.54, 1.807) is 4.57 Å². The van der Waals surface area contributed by atoms with Gasteiger partial charge in [0.25, 0.3) is 0 Å². The number of hydrogen-bond acceptors (Lipinski definition) is 4. The minimum absolute atomic E-state index is 0.0518. The maximum absolute atomic E-state index is 13.1. The Morgan fingerprint density at radius 1 is 1.06 bits per heavy atom. The standard InChI is InChI=1S/C26H42N4O2/c1-5-8-19-32-25-15-13-24(14-16-25)30-18-17-29(26(30)31)23-11-9-22(10-12-23)27-21(4)20-28(6-2)7-3/h13-18,21-23,27H,5-12,19-20H2,1-4H3. The number of likely N-dealkylation sites (N-methyl/N-ethyl adjacent to an activating group) is 1. The summed E-state index contributed by atoms with van der Waals surface area (Å²) >= 11 is 0. The van der Waals surface area contributed by atoms with Crippen LogP contribution in [-0.4, -0.2) is 52.4 Å². The highest BCUT2D eigenvalue weighted by atomic mass is 16.5. The number of imidazole rings is 1. The Kier molecular flexibility index (Phi) is 9.42. The van der Waals surface area contributed by atoms with E-state index in [0.29, 0.717) is 12.1 Å². The van der Waals surface area contributed by atoms with Crippen molar-refractivity contribution >= 4 is 0 Å². The van der Waals surface area contributed by atoms with E-state index in [9.17, 15) is 4.79 Å². The Morgan fingerprint density at radius 2 is 1.75 bits per heavy atom. The molecule has 1 unspecified atom stereocenters. The molecule has 1 aliphatic rings. The van der Waals surface area contributed by atoms with Gasteiger partial charge in [0.2, 0.25) is 0 Å². The van der Waals surface area contributed by atoms with E-state index in [2.05, 4.69) is 37.9 Å². The molecule has 178 valence electrons. The van der Waals surface area contributed by atoms with Gasteiger partial charge in [-0.15, -0.1) is 0 Å². The highest BCUT2D eigenvalue weighted by Crippen LogP contribution is 2.28. The highest BCUT2D eigenvalue weighted by molar-refractivity contribution is 5.37. The fourth-order valence-electron chi connectivity index (χ4n) is 4.75. The molecule has 1 heterocycles. The van der Waals surface area contributed by atoms with Crippen LogP contribution in [0.4, 0.5) is 0 Å². The van der Waals surface area contributed by atoms with Gasteiger partial charge in [0.15, 0.2) is 0 Å². The van der Waals surface area contributed by atoms with E-state index in [1.165, 1.54) is 0 Å². The number of nitrogens with one attached hydrogen (secondary N) is 1. The molecule has 6 heteroatoms. The van der Waals surface area contributed by atoms with Gasteiger partial charge in [0.1, 0.15) is 5.75 Å². The van der Waals surface area contributed by atoms with Gasteiger partial charge in [-0.3, -0.25) is 9.13 Å². The van der Waals surface area contributed by atoms with Crippen LogP contribution < -0.4 is 15.7 Å². The van der Waals surface area contributed by atoms with Crippen LogP contribution in [0.1, 0.15) is 72.3 Å². The lowest BCUT2D eigenvalue weighted by atomic mass is 9.90. The second-order valence-electron chi connectivity index (χ2n) is 9.11. The van der Waals surface area contributed by atoms with Gasteiger partial charge in [0.05, 0.1) is 12.3 Å². The van der Waals surface area contributed by atoms with Crippen LogP contribution in [0.25, 0.3) is 5.69 Å². The molecule has 0 bridgehead atoms. The molecular weight excluding hydrogens is 400 g/mol. The maximum atomic E-state index is 13.1. The summed E-state index contributed by atoms with van der Waals surface area (Å²) in [5.74, 6) is 0.857. The van der Waals surface area contributed by atoms with E-state index >= 15 is 0 Å². The van der Waals surface area contributed by atoms with Crippen molar-refractivity contribution in [2.45, 2.75) is 84.3 Å². The molecule has 6 nitrogen and oxygen atoms in total. The Hall–Kier alpha value is -2.05. The van der Waals surface area contributed by atoms with Crippen LogP contribution in [0.3, 0.4) is 0 Å². The molecule has 1 aromatic heterocycles. The Balaban J connectivity index is 1.54. The molecule has 1 N–H and O–H groups in total. The predicted molar refractivity (Wildman–Crippen MR) is 132 cm³/mol. The van der Waals surface area contributed by atoms with Crippen LogP contribution in [0, 0.1) is 0 Å². The molecule has 0 amide bonds. The molecule has 32 heavy (non-hydrogen) atoms. The van der Waals surface area contributed by atoms with Crippen molar-refractivity contribution in [1.29, 1.82) is 0 Å². The van der Waals surface area contributed by atoms with Crippen molar-refractivity contribution in [3.63, 3.8) is 0 Å². The summed E-state index contributed by atoms with van der Waals surface area (Å²) in [5, 5.41) is 3.81. The zero-order valence-electron chi connectivity index (χ0n) is 20.4. The van der Waals surface area contributed by atoms with E-state index in [4.69, 9.17) is 4.74 Å². The first-order valence-corrected chi connectivity index (χ1v) is 12.6. The number of unbranched alkanes of at least 4 members (excludes halogenated alkanes) is 1. The lowest BCUT2D eigenvalue weighted by Crippen LogP contribution is -2.45. The molecule has 1 aliphatic carbocycles. The molecule has 3 rings (SSSR count). The summed E-state index contributed by atoms with van der Waals surface area (Å²) in [6.07, 6.45) is 10.4. The Morgan fingerprint density at radius 3 is 2.38 bits per heavy atom. The molecule has 0 radical (unpaired) electrons. The topological polar surface area (TPSA) is 51.4 Å². The first kappa shape index (κ1) is 24.6. The van der Waals surface area contributed by atoms with Crippen LogP contribution in [-0.2, 0) is 0 Å². The number of nitrogens with zero attached hydrogens (tertiary/aromatic N) is 3. The van der Waals surface area contributed by atoms with Gasteiger partial charge in [0, 0.05) is 37.1 Å². The van der Waals surface area contributed by atoms with Crippen molar-refractivity contribution in [3.05, 3.63) is 47.1 Å². The summed E-state index contributed by atoms with van der Waals surface area (Å²) in [6, 6.07) is 9.16. The lowest BCUT2D eigenvalue weighted by molar-refractivity contribution is 0.231. The molecule has 1 atom stereocenters. The van der Waals surface area contributed by atoms with Crippen LogP contribution in [0.2, 0.25) is 0 Å². The number of rotatable bonds is 12. The molecule has 2 aromatic rings. The fourth-order valence-corrected chi connectivity index (χ4v) is 4.75. The fraction of sp³-hybridized carbons (Fsp3) is 0.654. The maximum Gasteiger partial charge on any atom is 0.332 e. The number of aromatic nitrogens is 2. The second-order valence-corrected chi connectivity index (χ2v) is 9.11. The van der Waals surface area contributed by atoms with Crippen LogP contribution in [0.5, 0.6) is 5.75 Å². The highest BCUT2D eigenvalue weighted by Gasteiger charge is 2.25. The molecular formula is C26H42N4O2. The molecule has 0 aliphatic heterocycles. The Labute approximate surface area is 193 Å². The van der Waals surface area contributed by atoms with Crippen molar-refractivity contribution in [3.8, 4) is 11.4 Å². The summed E-state index contributed by atoms with van der Waals surface area (Å²) in [5.41, 5.74) is 0.938. The second kappa shape index (κ2) is 12.3. The van der Waals surface area contributed by atoms with Gasteiger partial charge in [-0.2, -0.15) is 0 Å². The minimum atomic E-state index is 0.0518. The average molecular weight is 443 g/mol. The summed E-state index contributed by atoms with van der Waals surface area (Å²) in [6.45, 7) is 12.9. The van der Waals surface area contributed by atoms with E-state index in [1.807, 2.05) is 41.2 Å². The van der Waals surface area contributed by atoms with Crippen molar-refractivity contribution < 1.29 is 4.74 Å². The zero-order valence-corrected chi connectivity index (χ0v) is 20.4. The number of hydrogen-bond donors (Lipinski definition) is 1. The molecule has 0 saturated heterocycles. The van der Waals surface area contributed by atoms with E-state index in [0.717, 1.165) is 76.2 Å². The minimum Gasteiger partial charge on any atom is -0.494 e. The third-order valence-corrected chi connectivity index (χ3v) is 6.72. The van der Waals surface area contributed by atoms with Crippen LogP contribution >= 0.6 is 0 Å². The quantitative estimate of drug-likeness (QED) is 0.487. The first-order valence-electron chi connectivity index (χ1n) is 12.6.